The predicted octanol–water partition coefficient (Wildman–Crippen LogP) is 3.51. The summed E-state index contributed by atoms with van der Waals surface area (Å²) in [7, 11) is 1.62. The van der Waals surface area contributed by atoms with Crippen molar-refractivity contribution in [2.45, 2.75) is 26.3 Å². The van der Waals surface area contributed by atoms with Crippen LogP contribution in [0.4, 0.5) is 5.13 Å². The molecule has 1 heterocycles. The van der Waals surface area contributed by atoms with Gasteiger partial charge in [0.1, 0.15) is 5.75 Å². The summed E-state index contributed by atoms with van der Waals surface area (Å²) >= 11 is 1.43. The first-order valence-electron chi connectivity index (χ1n) is 8.61. The highest BCUT2D eigenvalue weighted by atomic mass is 32.1. The van der Waals surface area contributed by atoms with Crippen molar-refractivity contribution in [2.24, 2.45) is 0 Å². The molecule has 0 bridgehead atoms. The van der Waals surface area contributed by atoms with E-state index in [1.54, 1.807) is 7.11 Å². The largest absolute Gasteiger partial charge is 0.496 e. The van der Waals surface area contributed by atoms with Gasteiger partial charge in [-0.3, -0.25) is 9.59 Å². The molecule has 0 saturated heterocycles. The zero-order valence-corrected chi connectivity index (χ0v) is 16.1. The number of aryl methyl sites for hydroxylation is 1. The molecule has 2 amide bonds. The Labute approximate surface area is 161 Å². The van der Waals surface area contributed by atoms with Crippen molar-refractivity contribution >= 4 is 38.5 Å². The van der Waals surface area contributed by atoms with Crippen LogP contribution in [0.25, 0.3) is 10.2 Å². The van der Waals surface area contributed by atoms with Crippen molar-refractivity contribution in [2.75, 3.05) is 12.4 Å². The number of benzene rings is 2. The van der Waals surface area contributed by atoms with E-state index in [1.165, 1.54) is 18.3 Å². The monoisotopic (exact) mass is 383 g/mol. The summed E-state index contributed by atoms with van der Waals surface area (Å²) in [5.41, 5.74) is 2.85. The van der Waals surface area contributed by atoms with E-state index in [-0.39, 0.29) is 11.8 Å². The highest BCUT2D eigenvalue weighted by Gasteiger charge is 2.08. The lowest BCUT2D eigenvalue weighted by Crippen LogP contribution is -2.23. The SMILES string of the molecule is COc1ccccc1CNC(=O)CCc1ccc2nc(NC(C)=O)sc2c1. The number of fused-ring (bicyclic) bond motifs is 1. The minimum Gasteiger partial charge on any atom is -0.496 e. The lowest BCUT2D eigenvalue weighted by Gasteiger charge is -2.09. The van der Waals surface area contributed by atoms with Gasteiger partial charge < -0.3 is 15.4 Å². The molecule has 0 spiro atoms. The minimum atomic E-state index is -0.138. The van der Waals surface area contributed by atoms with Gasteiger partial charge in [-0.05, 0) is 30.2 Å². The molecule has 0 aliphatic heterocycles. The summed E-state index contributed by atoms with van der Waals surface area (Å²) in [5.74, 6) is 0.619. The fourth-order valence-electron chi connectivity index (χ4n) is 2.72. The Kier molecular flexibility index (Phi) is 6.03. The van der Waals surface area contributed by atoms with Crippen LogP contribution in [0.5, 0.6) is 5.75 Å². The third-order valence-electron chi connectivity index (χ3n) is 4.05. The van der Waals surface area contributed by atoms with Crippen molar-refractivity contribution in [3.8, 4) is 5.75 Å². The van der Waals surface area contributed by atoms with Crippen LogP contribution in [0.3, 0.4) is 0 Å². The maximum atomic E-state index is 12.2. The number of hydrogen-bond donors (Lipinski definition) is 2. The van der Waals surface area contributed by atoms with Gasteiger partial charge in [0.15, 0.2) is 5.13 Å². The van der Waals surface area contributed by atoms with E-state index in [9.17, 15) is 9.59 Å². The van der Waals surface area contributed by atoms with Gasteiger partial charge in [0.2, 0.25) is 11.8 Å². The zero-order chi connectivity index (χ0) is 19.2. The third kappa shape index (κ3) is 5.04. The Morgan fingerprint density at radius 1 is 1.19 bits per heavy atom. The smallest absolute Gasteiger partial charge is 0.223 e. The summed E-state index contributed by atoms with van der Waals surface area (Å²) in [6.07, 6.45) is 1.04. The van der Waals surface area contributed by atoms with E-state index in [2.05, 4.69) is 15.6 Å². The lowest BCUT2D eigenvalue weighted by atomic mass is 10.1. The molecule has 27 heavy (non-hydrogen) atoms. The van der Waals surface area contributed by atoms with E-state index in [0.29, 0.717) is 24.5 Å². The standard InChI is InChI=1S/C20H21N3O3S/c1-13(24)22-20-23-16-9-7-14(11-18(16)27-20)8-10-19(25)21-12-15-5-3-4-6-17(15)26-2/h3-7,9,11H,8,10,12H2,1-2H3,(H,21,25)(H,22,23,24). The molecule has 3 aromatic rings. The van der Waals surface area contributed by atoms with Crippen molar-refractivity contribution in [3.05, 3.63) is 53.6 Å². The number of anilines is 1. The summed E-state index contributed by atoms with van der Waals surface area (Å²) in [4.78, 5) is 27.7. The minimum absolute atomic E-state index is 0.00996. The molecule has 0 aliphatic carbocycles. The van der Waals surface area contributed by atoms with Crippen LogP contribution in [-0.4, -0.2) is 23.9 Å². The summed E-state index contributed by atoms with van der Waals surface area (Å²) in [5, 5.41) is 6.22. The van der Waals surface area contributed by atoms with Gasteiger partial charge in [0.25, 0.3) is 0 Å². The Morgan fingerprint density at radius 2 is 2.00 bits per heavy atom. The fraction of sp³-hybridized carbons (Fsp3) is 0.250. The van der Waals surface area contributed by atoms with Crippen molar-refractivity contribution in [1.82, 2.24) is 10.3 Å². The maximum Gasteiger partial charge on any atom is 0.223 e. The van der Waals surface area contributed by atoms with E-state index in [4.69, 9.17) is 4.74 Å². The number of ether oxygens (including phenoxy) is 1. The van der Waals surface area contributed by atoms with Crippen LogP contribution in [-0.2, 0) is 22.6 Å². The molecule has 140 valence electrons. The summed E-state index contributed by atoms with van der Waals surface area (Å²) in [6, 6.07) is 13.5. The van der Waals surface area contributed by atoms with E-state index in [1.807, 2.05) is 42.5 Å². The Hall–Kier alpha value is -2.93. The molecule has 0 atom stereocenters. The van der Waals surface area contributed by atoms with Crippen LogP contribution in [0, 0.1) is 0 Å². The predicted molar refractivity (Wildman–Crippen MR) is 107 cm³/mol. The molecule has 0 fully saturated rings. The molecule has 7 heteroatoms. The molecular formula is C20H21N3O3S. The van der Waals surface area contributed by atoms with Gasteiger partial charge in [-0.25, -0.2) is 4.98 Å². The molecule has 2 N–H and O–H groups in total. The van der Waals surface area contributed by atoms with Gasteiger partial charge in [-0.15, -0.1) is 0 Å². The molecule has 2 aromatic carbocycles. The zero-order valence-electron chi connectivity index (χ0n) is 15.2. The quantitative estimate of drug-likeness (QED) is 0.654. The van der Waals surface area contributed by atoms with E-state index >= 15 is 0 Å². The molecule has 6 nitrogen and oxygen atoms in total. The number of carbonyl (C=O) groups excluding carboxylic acids is 2. The van der Waals surface area contributed by atoms with Crippen molar-refractivity contribution < 1.29 is 14.3 Å². The number of amides is 2. The number of thiazole rings is 1. The number of nitrogens with zero attached hydrogens (tertiary/aromatic N) is 1. The van der Waals surface area contributed by atoms with Crippen LogP contribution >= 0.6 is 11.3 Å². The molecule has 3 rings (SSSR count). The molecule has 1 aromatic heterocycles. The molecule has 0 unspecified atom stereocenters. The van der Waals surface area contributed by atoms with Crippen LogP contribution in [0.2, 0.25) is 0 Å². The number of nitrogens with one attached hydrogen (secondary N) is 2. The van der Waals surface area contributed by atoms with E-state index in [0.717, 1.165) is 27.1 Å². The number of methoxy groups -OCH3 is 1. The van der Waals surface area contributed by atoms with Crippen LogP contribution in [0.15, 0.2) is 42.5 Å². The Balaban J connectivity index is 1.56. The first-order valence-corrected chi connectivity index (χ1v) is 9.42. The number of para-hydroxylation sites is 1. The van der Waals surface area contributed by atoms with Gasteiger partial charge >= 0.3 is 0 Å². The average Bonchev–Trinajstić information content (AvgIpc) is 3.05. The van der Waals surface area contributed by atoms with Crippen LogP contribution < -0.4 is 15.4 Å². The number of rotatable bonds is 7. The van der Waals surface area contributed by atoms with Gasteiger partial charge in [-0.2, -0.15) is 0 Å². The van der Waals surface area contributed by atoms with Crippen molar-refractivity contribution in [1.29, 1.82) is 0 Å². The second-order valence-corrected chi connectivity index (χ2v) is 7.12. The molecule has 0 radical (unpaired) electrons. The maximum absolute atomic E-state index is 12.2. The topological polar surface area (TPSA) is 80.3 Å². The van der Waals surface area contributed by atoms with Crippen LogP contribution in [0.1, 0.15) is 24.5 Å². The highest BCUT2D eigenvalue weighted by molar-refractivity contribution is 7.22. The first-order chi connectivity index (χ1) is 13.0. The first kappa shape index (κ1) is 18.8. The third-order valence-corrected chi connectivity index (χ3v) is 4.98. The molecular weight excluding hydrogens is 362 g/mol. The molecule has 0 saturated carbocycles. The second kappa shape index (κ2) is 8.64. The lowest BCUT2D eigenvalue weighted by molar-refractivity contribution is -0.121. The summed E-state index contributed by atoms with van der Waals surface area (Å²) < 4.78 is 6.28. The average molecular weight is 383 g/mol. The van der Waals surface area contributed by atoms with Gasteiger partial charge in [0.05, 0.1) is 17.3 Å². The highest BCUT2D eigenvalue weighted by Crippen LogP contribution is 2.27. The van der Waals surface area contributed by atoms with E-state index < -0.39 is 0 Å². The normalized spacial score (nSPS) is 10.6. The number of carbonyl (C=O) groups is 2. The summed E-state index contributed by atoms with van der Waals surface area (Å²) in [6.45, 7) is 1.90. The van der Waals surface area contributed by atoms with Crippen molar-refractivity contribution in [3.63, 3.8) is 0 Å². The number of hydrogen-bond acceptors (Lipinski definition) is 5. The van der Waals surface area contributed by atoms with Gasteiger partial charge in [-0.1, -0.05) is 35.6 Å². The van der Waals surface area contributed by atoms with Gasteiger partial charge in [0, 0.05) is 25.5 Å². The Bertz CT molecular complexity index is 968. The second-order valence-electron chi connectivity index (χ2n) is 6.09. The fourth-order valence-corrected chi connectivity index (χ4v) is 3.69. The Morgan fingerprint density at radius 3 is 2.78 bits per heavy atom. The molecule has 0 aliphatic rings. The number of aromatic nitrogens is 1.